The van der Waals surface area contributed by atoms with Gasteiger partial charge in [-0.15, -0.1) is 0 Å². The summed E-state index contributed by atoms with van der Waals surface area (Å²) < 4.78 is 0. The molecule has 2 N–H and O–H groups in total. The second kappa shape index (κ2) is 7.25. The zero-order chi connectivity index (χ0) is 15.2. The quantitative estimate of drug-likeness (QED) is 0.748. The molecular formula is C17H24N2O2. The van der Waals surface area contributed by atoms with Crippen LogP contribution in [-0.4, -0.2) is 22.8 Å². The van der Waals surface area contributed by atoms with E-state index in [1.54, 1.807) is 12.1 Å². The molecular weight excluding hydrogens is 264 g/mol. The Balaban J connectivity index is 1.96. The highest BCUT2D eigenvalue weighted by Gasteiger charge is 2.32. The summed E-state index contributed by atoms with van der Waals surface area (Å²) in [6.07, 6.45) is 6.07. The predicted molar refractivity (Wildman–Crippen MR) is 82.7 cm³/mol. The first-order valence-electron chi connectivity index (χ1n) is 7.80. The Morgan fingerprint density at radius 1 is 1.19 bits per heavy atom. The van der Waals surface area contributed by atoms with Gasteiger partial charge in [0.1, 0.15) is 0 Å². The van der Waals surface area contributed by atoms with Gasteiger partial charge >= 0.3 is 0 Å². The second-order valence-corrected chi connectivity index (χ2v) is 5.77. The van der Waals surface area contributed by atoms with Gasteiger partial charge < -0.3 is 10.6 Å². The molecule has 0 unspecified atom stereocenters. The molecule has 0 atom stereocenters. The summed E-state index contributed by atoms with van der Waals surface area (Å²) in [5.41, 5.74) is 6.79. The van der Waals surface area contributed by atoms with Crippen LogP contribution in [0.5, 0.6) is 0 Å². The molecule has 2 rings (SSSR count). The van der Waals surface area contributed by atoms with E-state index in [-0.39, 0.29) is 5.91 Å². The first-order chi connectivity index (χ1) is 10.1. The molecule has 4 heteroatoms. The number of nitrogens with zero attached hydrogens (tertiary/aromatic N) is 1. The van der Waals surface area contributed by atoms with Gasteiger partial charge in [0.15, 0.2) is 0 Å². The number of carbonyl (C=O) groups excluding carboxylic acids is 2. The van der Waals surface area contributed by atoms with Crippen molar-refractivity contribution >= 4 is 11.8 Å². The van der Waals surface area contributed by atoms with Crippen LogP contribution in [0.1, 0.15) is 61.4 Å². The number of carbonyl (C=O) groups is 2. The number of amides is 2. The van der Waals surface area contributed by atoms with Gasteiger partial charge in [0.2, 0.25) is 11.8 Å². The molecule has 1 fully saturated rings. The summed E-state index contributed by atoms with van der Waals surface area (Å²) in [6, 6.07) is 7.63. The van der Waals surface area contributed by atoms with Gasteiger partial charge in [-0.3, -0.25) is 9.59 Å². The topological polar surface area (TPSA) is 63.4 Å². The number of nitrogens with two attached hydrogens (primary N) is 1. The van der Waals surface area contributed by atoms with Gasteiger partial charge in [-0.1, -0.05) is 31.9 Å². The van der Waals surface area contributed by atoms with Crippen molar-refractivity contribution in [1.82, 2.24) is 4.90 Å². The van der Waals surface area contributed by atoms with Gasteiger partial charge in [0, 0.05) is 24.6 Å². The average molecular weight is 288 g/mol. The van der Waals surface area contributed by atoms with Crippen LogP contribution in [0.15, 0.2) is 24.3 Å². The highest BCUT2D eigenvalue weighted by molar-refractivity contribution is 5.92. The van der Waals surface area contributed by atoms with E-state index in [2.05, 4.69) is 6.92 Å². The molecule has 1 aromatic carbocycles. The lowest BCUT2D eigenvalue weighted by Gasteiger charge is -2.22. The Kier molecular flexibility index (Phi) is 5.37. The van der Waals surface area contributed by atoms with E-state index < -0.39 is 5.91 Å². The van der Waals surface area contributed by atoms with E-state index in [4.69, 9.17) is 5.73 Å². The number of primary amides is 1. The van der Waals surface area contributed by atoms with Gasteiger partial charge in [0.25, 0.3) is 0 Å². The molecule has 0 saturated heterocycles. The molecule has 0 aliphatic heterocycles. The molecule has 114 valence electrons. The molecule has 0 heterocycles. The maximum absolute atomic E-state index is 12.3. The van der Waals surface area contributed by atoms with Crippen LogP contribution in [0.25, 0.3) is 0 Å². The van der Waals surface area contributed by atoms with Crippen LogP contribution in [0.4, 0.5) is 0 Å². The molecule has 1 saturated carbocycles. The molecule has 0 spiro atoms. The summed E-state index contributed by atoms with van der Waals surface area (Å²) in [6.45, 7) is 2.78. The molecule has 0 aromatic heterocycles. The largest absolute Gasteiger partial charge is 0.366 e. The summed E-state index contributed by atoms with van der Waals surface area (Å²) in [7, 11) is 0. The molecule has 21 heavy (non-hydrogen) atoms. The van der Waals surface area contributed by atoms with Crippen molar-refractivity contribution in [3.8, 4) is 0 Å². The van der Waals surface area contributed by atoms with Crippen LogP contribution >= 0.6 is 0 Å². The second-order valence-electron chi connectivity index (χ2n) is 5.77. The minimum atomic E-state index is -0.420. The molecule has 1 aromatic rings. The lowest BCUT2D eigenvalue weighted by molar-refractivity contribution is -0.132. The summed E-state index contributed by atoms with van der Waals surface area (Å²) in [5, 5.41) is 0. The van der Waals surface area contributed by atoms with Crippen molar-refractivity contribution in [2.75, 3.05) is 0 Å². The standard InChI is InChI=1S/C17H24N2O2/c1-2-3-4-5-16(20)19(15-10-11-15)12-13-6-8-14(9-7-13)17(18)21/h6-9,15H,2-5,10-12H2,1H3,(H2,18,21). The maximum Gasteiger partial charge on any atom is 0.248 e. The number of rotatable bonds is 8. The first kappa shape index (κ1) is 15.5. The molecule has 1 aliphatic rings. The van der Waals surface area contributed by atoms with Gasteiger partial charge in [-0.2, -0.15) is 0 Å². The third-order valence-electron chi connectivity index (χ3n) is 3.89. The van der Waals surface area contributed by atoms with E-state index in [9.17, 15) is 9.59 Å². The van der Waals surface area contributed by atoms with Crippen LogP contribution in [0.2, 0.25) is 0 Å². The monoisotopic (exact) mass is 288 g/mol. The Labute approximate surface area is 126 Å². The van der Waals surface area contributed by atoms with Crippen molar-refractivity contribution in [3.63, 3.8) is 0 Å². The predicted octanol–water partition coefficient (Wildman–Crippen LogP) is 2.86. The van der Waals surface area contributed by atoms with Crippen molar-refractivity contribution in [3.05, 3.63) is 35.4 Å². The van der Waals surface area contributed by atoms with E-state index in [1.165, 1.54) is 0 Å². The highest BCUT2D eigenvalue weighted by Crippen LogP contribution is 2.29. The van der Waals surface area contributed by atoms with Crippen molar-refractivity contribution in [1.29, 1.82) is 0 Å². The van der Waals surface area contributed by atoms with E-state index in [0.29, 0.717) is 24.6 Å². The lowest BCUT2D eigenvalue weighted by atomic mass is 10.1. The normalized spacial score (nSPS) is 14.0. The highest BCUT2D eigenvalue weighted by atomic mass is 16.2. The van der Waals surface area contributed by atoms with Crippen LogP contribution in [0.3, 0.4) is 0 Å². The van der Waals surface area contributed by atoms with Crippen LogP contribution in [-0.2, 0) is 11.3 Å². The Bertz CT molecular complexity index is 492. The number of hydrogen-bond acceptors (Lipinski definition) is 2. The molecule has 2 amide bonds. The fourth-order valence-electron chi connectivity index (χ4n) is 2.45. The number of hydrogen-bond donors (Lipinski definition) is 1. The smallest absolute Gasteiger partial charge is 0.248 e. The summed E-state index contributed by atoms with van der Waals surface area (Å²) in [5.74, 6) is -0.166. The van der Waals surface area contributed by atoms with Gasteiger partial charge in [-0.05, 0) is 37.0 Å². The van der Waals surface area contributed by atoms with Gasteiger partial charge in [0.05, 0.1) is 0 Å². The van der Waals surface area contributed by atoms with E-state index in [1.807, 2.05) is 17.0 Å². The Hall–Kier alpha value is -1.84. The molecule has 0 bridgehead atoms. The van der Waals surface area contributed by atoms with E-state index in [0.717, 1.165) is 37.7 Å². The third kappa shape index (κ3) is 4.59. The maximum atomic E-state index is 12.3. The Morgan fingerprint density at radius 2 is 1.86 bits per heavy atom. The Morgan fingerprint density at radius 3 is 2.38 bits per heavy atom. The zero-order valence-corrected chi connectivity index (χ0v) is 12.7. The average Bonchev–Trinajstić information content (AvgIpc) is 3.30. The fraction of sp³-hybridized carbons (Fsp3) is 0.529. The lowest BCUT2D eigenvalue weighted by Crippen LogP contribution is -2.32. The fourth-order valence-corrected chi connectivity index (χ4v) is 2.45. The zero-order valence-electron chi connectivity index (χ0n) is 12.7. The molecule has 1 aliphatic carbocycles. The minimum Gasteiger partial charge on any atom is -0.366 e. The van der Waals surface area contributed by atoms with E-state index >= 15 is 0 Å². The summed E-state index contributed by atoms with van der Waals surface area (Å²) >= 11 is 0. The van der Waals surface area contributed by atoms with Gasteiger partial charge in [-0.25, -0.2) is 0 Å². The van der Waals surface area contributed by atoms with Crippen LogP contribution < -0.4 is 5.73 Å². The molecule has 0 radical (unpaired) electrons. The third-order valence-corrected chi connectivity index (χ3v) is 3.89. The first-order valence-corrected chi connectivity index (χ1v) is 7.80. The SMILES string of the molecule is CCCCCC(=O)N(Cc1ccc(C(N)=O)cc1)C1CC1. The van der Waals surface area contributed by atoms with Crippen LogP contribution in [0, 0.1) is 0 Å². The van der Waals surface area contributed by atoms with Crippen molar-refractivity contribution < 1.29 is 9.59 Å². The van der Waals surface area contributed by atoms with Crippen molar-refractivity contribution in [2.24, 2.45) is 5.73 Å². The minimum absolute atomic E-state index is 0.255. The number of unbranched alkanes of at least 4 members (excludes halogenated alkanes) is 2. The summed E-state index contributed by atoms with van der Waals surface area (Å²) in [4.78, 5) is 25.4. The number of benzene rings is 1. The van der Waals surface area contributed by atoms with Crippen molar-refractivity contribution in [2.45, 2.75) is 58.0 Å². The molecule has 4 nitrogen and oxygen atoms in total.